The summed E-state index contributed by atoms with van der Waals surface area (Å²) in [6.45, 7) is 2.14. The molecule has 0 aliphatic heterocycles. The lowest BCUT2D eigenvalue weighted by Gasteiger charge is -2.09. The van der Waals surface area contributed by atoms with Crippen LogP contribution in [0.3, 0.4) is 0 Å². The van der Waals surface area contributed by atoms with Crippen LogP contribution in [-0.2, 0) is 11.2 Å². The molecule has 122 valence electrons. The van der Waals surface area contributed by atoms with Crippen LogP contribution in [0.15, 0.2) is 36.4 Å². The van der Waals surface area contributed by atoms with E-state index in [-0.39, 0.29) is 24.6 Å². The molecule has 0 heterocycles. The highest BCUT2D eigenvalue weighted by Gasteiger charge is 2.13. The number of benzene rings is 2. The summed E-state index contributed by atoms with van der Waals surface area (Å²) in [6, 6.07) is 9.37. The topological polar surface area (TPSA) is 41.1 Å². The first-order valence-electron chi connectivity index (χ1n) is 7.27. The molecule has 0 unspecified atom stereocenters. The highest BCUT2D eigenvalue weighted by Crippen LogP contribution is 2.19. The van der Waals surface area contributed by atoms with Crippen molar-refractivity contribution in [2.45, 2.75) is 19.8 Å². The normalized spacial score (nSPS) is 10.4. The van der Waals surface area contributed by atoms with E-state index in [9.17, 15) is 18.0 Å². The third-order valence-corrected chi connectivity index (χ3v) is 3.35. The highest BCUT2D eigenvalue weighted by atomic mass is 19.2. The highest BCUT2D eigenvalue weighted by molar-refractivity contribution is 5.91. The minimum absolute atomic E-state index is 0.0635. The molecule has 2 N–H and O–H groups in total. The van der Waals surface area contributed by atoms with Crippen LogP contribution in [0.2, 0.25) is 0 Å². The van der Waals surface area contributed by atoms with Gasteiger partial charge in [-0.1, -0.05) is 19.1 Å². The van der Waals surface area contributed by atoms with Crippen molar-refractivity contribution in [1.82, 2.24) is 0 Å². The van der Waals surface area contributed by atoms with Gasteiger partial charge in [0.2, 0.25) is 5.91 Å². The molecule has 2 aromatic rings. The summed E-state index contributed by atoms with van der Waals surface area (Å²) < 4.78 is 39.3. The molecule has 0 aliphatic rings. The second-order valence-corrected chi connectivity index (χ2v) is 5.00. The number of hydrogen-bond donors (Lipinski definition) is 2. The Morgan fingerprint density at radius 2 is 1.70 bits per heavy atom. The zero-order chi connectivity index (χ0) is 16.8. The number of halogens is 3. The summed E-state index contributed by atoms with van der Waals surface area (Å²) in [5, 5.41) is 5.28. The van der Waals surface area contributed by atoms with E-state index in [1.807, 2.05) is 19.1 Å². The monoisotopic (exact) mass is 322 g/mol. The molecule has 0 radical (unpaired) electrons. The molecule has 0 spiro atoms. The van der Waals surface area contributed by atoms with E-state index in [4.69, 9.17) is 0 Å². The second kappa shape index (κ2) is 7.67. The molecule has 0 aromatic heterocycles. The number of hydrogen-bond acceptors (Lipinski definition) is 2. The Hall–Kier alpha value is -2.50. The predicted octanol–water partition coefficient (Wildman–Crippen LogP) is 4.11. The maximum atomic E-state index is 13.4. The summed E-state index contributed by atoms with van der Waals surface area (Å²) in [5.74, 6) is -4.33. The summed E-state index contributed by atoms with van der Waals surface area (Å²) in [5.41, 5.74) is 1.66. The minimum Gasteiger partial charge on any atom is -0.382 e. The third-order valence-electron chi connectivity index (χ3n) is 3.35. The molecule has 0 saturated heterocycles. The Balaban J connectivity index is 1.84. The summed E-state index contributed by atoms with van der Waals surface area (Å²) >= 11 is 0. The molecule has 23 heavy (non-hydrogen) atoms. The van der Waals surface area contributed by atoms with Crippen LogP contribution in [0.4, 0.5) is 24.5 Å². The molecule has 3 nitrogen and oxygen atoms in total. The van der Waals surface area contributed by atoms with E-state index in [1.54, 1.807) is 12.1 Å². The maximum Gasteiger partial charge on any atom is 0.226 e. The number of carbonyl (C=O) groups is 1. The van der Waals surface area contributed by atoms with Crippen molar-refractivity contribution in [2.75, 3.05) is 17.2 Å². The lowest BCUT2D eigenvalue weighted by atomic mass is 10.1. The van der Waals surface area contributed by atoms with E-state index >= 15 is 0 Å². The number of amides is 1. The molecular weight excluding hydrogens is 305 g/mol. The first-order chi connectivity index (χ1) is 11.0. The van der Waals surface area contributed by atoms with Gasteiger partial charge in [-0.3, -0.25) is 4.79 Å². The van der Waals surface area contributed by atoms with Crippen LogP contribution in [0.25, 0.3) is 0 Å². The van der Waals surface area contributed by atoms with E-state index in [1.165, 1.54) is 5.56 Å². The van der Waals surface area contributed by atoms with Crippen LogP contribution in [0.5, 0.6) is 0 Å². The minimum atomic E-state index is -1.53. The number of aryl methyl sites for hydroxylation is 1. The standard InChI is InChI=1S/C17H17F3N2O/c1-2-11-3-5-12(6-4-11)22-15(23)9-10-21-14-8-7-13(18)16(19)17(14)20/h3-8,21H,2,9-10H2,1H3,(H,22,23). The second-order valence-electron chi connectivity index (χ2n) is 5.00. The Kier molecular flexibility index (Phi) is 5.62. The van der Waals surface area contributed by atoms with E-state index in [0.717, 1.165) is 18.6 Å². The lowest BCUT2D eigenvalue weighted by molar-refractivity contribution is -0.115. The van der Waals surface area contributed by atoms with Crippen molar-refractivity contribution in [3.8, 4) is 0 Å². The van der Waals surface area contributed by atoms with Gasteiger partial charge in [0.05, 0.1) is 5.69 Å². The first-order valence-corrected chi connectivity index (χ1v) is 7.27. The van der Waals surface area contributed by atoms with Gasteiger partial charge < -0.3 is 10.6 Å². The number of nitrogens with one attached hydrogen (secondary N) is 2. The van der Waals surface area contributed by atoms with Crippen molar-refractivity contribution in [3.05, 3.63) is 59.4 Å². The Labute approximate surface area is 132 Å². The molecular formula is C17H17F3N2O. The number of rotatable bonds is 6. The van der Waals surface area contributed by atoms with E-state index in [0.29, 0.717) is 5.69 Å². The fourth-order valence-corrected chi connectivity index (χ4v) is 2.02. The molecule has 0 saturated carbocycles. The largest absolute Gasteiger partial charge is 0.382 e. The first kappa shape index (κ1) is 16.9. The van der Waals surface area contributed by atoms with Crippen LogP contribution < -0.4 is 10.6 Å². The maximum absolute atomic E-state index is 13.4. The number of carbonyl (C=O) groups excluding carboxylic acids is 1. The molecule has 1 amide bonds. The molecule has 0 aliphatic carbocycles. The zero-order valence-electron chi connectivity index (χ0n) is 12.6. The molecule has 0 atom stereocenters. The van der Waals surface area contributed by atoms with Gasteiger partial charge >= 0.3 is 0 Å². The Bertz CT molecular complexity index is 687. The lowest BCUT2D eigenvalue weighted by Crippen LogP contribution is -2.16. The van der Waals surface area contributed by atoms with Crippen LogP contribution in [-0.4, -0.2) is 12.5 Å². The van der Waals surface area contributed by atoms with Gasteiger partial charge in [0.15, 0.2) is 17.5 Å². The van der Waals surface area contributed by atoms with Crippen molar-refractivity contribution in [3.63, 3.8) is 0 Å². The zero-order valence-corrected chi connectivity index (χ0v) is 12.6. The van der Waals surface area contributed by atoms with E-state index < -0.39 is 17.5 Å². The van der Waals surface area contributed by atoms with Gasteiger partial charge in [-0.25, -0.2) is 13.2 Å². The van der Waals surface area contributed by atoms with Crippen molar-refractivity contribution in [1.29, 1.82) is 0 Å². The Morgan fingerprint density at radius 1 is 1.00 bits per heavy atom. The molecule has 6 heteroatoms. The summed E-state index contributed by atoms with van der Waals surface area (Å²) in [4.78, 5) is 11.8. The summed E-state index contributed by atoms with van der Waals surface area (Å²) in [6.07, 6.45) is 0.978. The summed E-state index contributed by atoms with van der Waals surface area (Å²) in [7, 11) is 0. The Morgan fingerprint density at radius 3 is 2.35 bits per heavy atom. The third kappa shape index (κ3) is 4.48. The smallest absolute Gasteiger partial charge is 0.226 e. The van der Waals surface area contributed by atoms with Gasteiger partial charge in [0.1, 0.15) is 0 Å². The fourth-order valence-electron chi connectivity index (χ4n) is 2.02. The molecule has 0 bridgehead atoms. The molecule has 0 fully saturated rings. The van der Waals surface area contributed by atoms with Gasteiger partial charge in [-0.2, -0.15) is 0 Å². The SMILES string of the molecule is CCc1ccc(NC(=O)CCNc2ccc(F)c(F)c2F)cc1. The fraction of sp³-hybridized carbons (Fsp3) is 0.235. The van der Waals surface area contributed by atoms with Gasteiger partial charge in [0.25, 0.3) is 0 Å². The predicted molar refractivity (Wildman–Crippen MR) is 83.9 cm³/mol. The van der Waals surface area contributed by atoms with Crippen molar-refractivity contribution in [2.24, 2.45) is 0 Å². The van der Waals surface area contributed by atoms with Crippen LogP contribution in [0.1, 0.15) is 18.9 Å². The van der Waals surface area contributed by atoms with Crippen LogP contribution >= 0.6 is 0 Å². The van der Waals surface area contributed by atoms with E-state index in [2.05, 4.69) is 10.6 Å². The van der Waals surface area contributed by atoms with Gasteiger partial charge in [-0.15, -0.1) is 0 Å². The van der Waals surface area contributed by atoms with Crippen LogP contribution in [0, 0.1) is 17.5 Å². The average Bonchev–Trinajstić information content (AvgIpc) is 2.55. The van der Waals surface area contributed by atoms with Crippen molar-refractivity contribution >= 4 is 17.3 Å². The molecule has 2 aromatic carbocycles. The van der Waals surface area contributed by atoms with Gasteiger partial charge in [0, 0.05) is 18.7 Å². The number of anilines is 2. The van der Waals surface area contributed by atoms with Gasteiger partial charge in [-0.05, 0) is 36.2 Å². The van der Waals surface area contributed by atoms with Crippen molar-refractivity contribution < 1.29 is 18.0 Å². The average molecular weight is 322 g/mol. The quantitative estimate of drug-likeness (QED) is 0.786. The molecule has 2 rings (SSSR count).